The fourth-order valence-electron chi connectivity index (χ4n) is 2.89. The number of rotatable bonds is 1. The summed E-state index contributed by atoms with van der Waals surface area (Å²) < 4.78 is 2.18. The third-order valence-electron chi connectivity index (χ3n) is 4.30. The Kier molecular flexibility index (Phi) is 3.48. The number of aryl methyl sites for hydroxylation is 2. The van der Waals surface area contributed by atoms with Crippen molar-refractivity contribution in [1.29, 1.82) is 0 Å². The van der Waals surface area contributed by atoms with E-state index in [9.17, 15) is 0 Å². The molecule has 22 heavy (non-hydrogen) atoms. The average Bonchev–Trinajstić information content (AvgIpc) is 2.47. The highest BCUT2D eigenvalue weighted by molar-refractivity contribution is 5.93. The van der Waals surface area contributed by atoms with Crippen LogP contribution in [0.2, 0.25) is 0 Å². The van der Waals surface area contributed by atoms with Crippen LogP contribution >= 0.6 is 0 Å². The molecule has 2 heterocycles. The zero-order valence-corrected chi connectivity index (χ0v) is 14.0. The van der Waals surface area contributed by atoms with E-state index < -0.39 is 0 Å². The summed E-state index contributed by atoms with van der Waals surface area (Å²) in [5.41, 5.74) is 5.19. The molecule has 112 valence electrons. The van der Waals surface area contributed by atoms with Crippen molar-refractivity contribution >= 4 is 10.8 Å². The predicted octanol–water partition coefficient (Wildman–Crippen LogP) is 4.33. The van der Waals surface area contributed by atoms with Crippen molar-refractivity contribution in [2.45, 2.75) is 33.1 Å². The maximum absolute atomic E-state index is 4.31. The van der Waals surface area contributed by atoms with Crippen LogP contribution in [0.15, 0.2) is 48.9 Å². The molecule has 0 fully saturated rings. The predicted molar refractivity (Wildman–Crippen MR) is 91.8 cm³/mol. The van der Waals surface area contributed by atoms with E-state index in [4.69, 9.17) is 0 Å². The van der Waals surface area contributed by atoms with Crippen molar-refractivity contribution in [3.8, 4) is 11.3 Å². The van der Waals surface area contributed by atoms with E-state index in [1.165, 1.54) is 33.2 Å². The van der Waals surface area contributed by atoms with E-state index in [1.54, 1.807) is 0 Å². The summed E-state index contributed by atoms with van der Waals surface area (Å²) >= 11 is 0. The minimum Gasteiger partial charge on any atom is -0.264 e. The highest BCUT2D eigenvalue weighted by Gasteiger charge is 2.19. The molecule has 0 unspecified atom stereocenters. The molecular weight excluding hydrogens is 268 g/mol. The standard InChI is InChI=1S/C20H23N2/c1-14-8-10-21-13-18(14)19-17-7-6-16(20(2,3)4)12-15(17)9-11-22(19)5/h6-13H,1-5H3/q+1. The molecule has 2 aromatic heterocycles. The second-order valence-corrected chi connectivity index (χ2v) is 7.02. The van der Waals surface area contributed by atoms with Crippen molar-refractivity contribution in [3.63, 3.8) is 0 Å². The summed E-state index contributed by atoms with van der Waals surface area (Å²) in [6.07, 6.45) is 5.94. The molecule has 0 bridgehead atoms. The average molecular weight is 291 g/mol. The van der Waals surface area contributed by atoms with Gasteiger partial charge in [-0.25, -0.2) is 4.57 Å². The van der Waals surface area contributed by atoms with E-state index >= 15 is 0 Å². The number of nitrogens with zero attached hydrogens (tertiary/aromatic N) is 2. The van der Waals surface area contributed by atoms with E-state index in [2.05, 4.69) is 80.8 Å². The van der Waals surface area contributed by atoms with Crippen LogP contribution in [-0.4, -0.2) is 4.98 Å². The van der Waals surface area contributed by atoms with Crippen LogP contribution in [0.4, 0.5) is 0 Å². The fraction of sp³-hybridized carbons (Fsp3) is 0.300. The fourth-order valence-corrected chi connectivity index (χ4v) is 2.89. The van der Waals surface area contributed by atoms with Gasteiger partial charge < -0.3 is 0 Å². The van der Waals surface area contributed by atoms with E-state index in [1.807, 2.05) is 12.4 Å². The van der Waals surface area contributed by atoms with Gasteiger partial charge >= 0.3 is 0 Å². The Balaban J connectivity index is 2.31. The first-order chi connectivity index (χ1) is 10.4. The van der Waals surface area contributed by atoms with Crippen LogP contribution in [-0.2, 0) is 12.5 Å². The van der Waals surface area contributed by atoms with Gasteiger partial charge in [-0.1, -0.05) is 32.9 Å². The first kappa shape index (κ1) is 14.7. The summed E-state index contributed by atoms with van der Waals surface area (Å²) in [5.74, 6) is 0. The molecule has 0 radical (unpaired) electrons. The molecule has 0 atom stereocenters. The second kappa shape index (κ2) is 5.20. The van der Waals surface area contributed by atoms with Gasteiger partial charge in [0.1, 0.15) is 7.05 Å². The lowest BCUT2D eigenvalue weighted by Crippen LogP contribution is -2.30. The molecule has 0 amide bonds. The normalized spacial score (nSPS) is 11.9. The largest absolute Gasteiger partial charge is 0.264 e. The van der Waals surface area contributed by atoms with Gasteiger partial charge in [-0.2, -0.15) is 0 Å². The van der Waals surface area contributed by atoms with Crippen molar-refractivity contribution in [2.75, 3.05) is 0 Å². The van der Waals surface area contributed by atoms with E-state index in [0.29, 0.717) is 0 Å². The molecule has 0 aliphatic carbocycles. The number of fused-ring (bicyclic) bond motifs is 1. The molecule has 2 heteroatoms. The molecule has 1 aromatic carbocycles. The molecule has 3 rings (SSSR count). The highest BCUT2D eigenvalue weighted by atomic mass is 14.9. The Morgan fingerprint density at radius 2 is 1.82 bits per heavy atom. The van der Waals surface area contributed by atoms with Gasteiger partial charge in [0.25, 0.3) is 0 Å². The minimum atomic E-state index is 0.163. The monoisotopic (exact) mass is 291 g/mol. The number of hydrogen-bond acceptors (Lipinski definition) is 1. The zero-order chi connectivity index (χ0) is 15.9. The summed E-state index contributed by atoms with van der Waals surface area (Å²) in [7, 11) is 2.10. The lowest BCUT2D eigenvalue weighted by molar-refractivity contribution is -0.659. The van der Waals surface area contributed by atoms with Gasteiger partial charge in [0, 0.05) is 18.5 Å². The van der Waals surface area contributed by atoms with Crippen molar-refractivity contribution in [1.82, 2.24) is 4.98 Å². The SMILES string of the molecule is Cc1ccncc1-c1c2ccc(C(C)(C)C)cc2cc[n+]1C. The van der Waals surface area contributed by atoms with Crippen molar-refractivity contribution in [2.24, 2.45) is 7.05 Å². The summed E-state index contributed by atoms with van der Waals surface area (Å²) in [6, 6.07) is 11.1. The van der Waals surface area contributed by atoms with Crippen LogP contribution in [0.1, 0.15) is 31.9 Å². The first-order valence-corrected chi connectivity index (χ1v) is 7.72. The minimum absolute atomic E-state index is 0.163. The molecule has 0 saturated heterocycles. The maximum Gasteiger partial charge on any atom is 0.221 e. The Bertz CT molecular complexity index is 842. The Morgan fingerprint density at radius 1 is 1.05 bits per heavy atom. The number of pyridine rings is 2. The van der Waals surface area contributed by atoms with E-state index in [0.717, 1.165) is 0 Å². The Hall–Kier alpha value is -2.22. The molecule has 0 spiro atoms. The molecule has 0 aliphatic rings. The van der Waals surface area contributed by atoms with Crippen LogP contribution in [0.3, 0.4) is 0 Å². The maximum atomic E-state index is 4.31. The zero-order valence-electron chi connectivity index (χ0n) is 14.0. The first-order valence-electron chi connectivity index (χ1n) is 7.72. The summed E-state index contributed by atoms with van der Waals surface area (Å²) in [4.78, 5) is 4.31. The van der Waals surface area contributed by atoms with Gasteiger partial charge in [0.2, 0.25) is 5.69 Å². The van der Waals surface area contributed by atoms with Gasteiger partial charge in [-0.3, -0.25) is 4.98 Å². The molecular formula is C20H23N2+. The molecule has 0 saturated carbocycles. The molecule has 0 N–H and O–H groups in total. The summed E-state index contributed by atoms with van der Waals surface area (Å²) in [6.45, 7) is 8.90. The third kappa shape index (κ3) is 2.50. The topological polar surface area (TPSA) is 16.8 Å². The molecule has 3 aromatic rings. The number of hydrogen-bond donors (Lipinski definition) is 0. The van der Waals surface area contributed by atoms with Crippen LogP contribution in [0.5, 0.6) is 0 Å². The van der Waals surface area contributed by atoms with Gasteiger partial charge in [-0.05, 0) is 41.0 Å². The van der Waals surface area contributed by atoms with Gasteiger partial charge in [0.05, 0.1) is 10.9 Å². The van der Waals surface area contributed by atoms with Crippen molar-refractivity contribution in [3.05, 3.63) is 60.0 Å². The van der Waals surface area contributed by atoms with E-state index in [-0.39, 0.29) is 5.41 Å². The third-order valence-corrected chi connectivity index (χ3v) is 4.30. The lowest BCUT2D eigenvalue weighted by Gasteiger charge is -2.19. The van der Waals surface area contributed by atoms with Gasteiger partial charge in [-0.15, -0.1) is 0 Å². The Labute approximate surface area is 132 Å². The summed E-state index contributed by atoms with van der Waals surface area (Å²) in [5, 5.41) is 2.55. The quantitative estimate of drug-likeness (QED) is 0.610. The van der Waals surface area contributed by atoms with Crippen LogP contribution < -0.4 is 4.57 Å². The molecule has 0 aliphatic heterocycles. The van der Waals surface area contributed by atoms with Crippen LogP contribution in [0.25, 0.3) is 22.0 Å². The van der Waals surface area contributed by atoms with Gasteiger partial charge in [0.15, 0.2) is 6.20 Å². The van der Waals surface area contributed by atoms with Crippen LogP contribution in [0, 0.1) is 6.92 Å². The Morgan fingerprint density at radius 3 is 2.50 bits per heavy atom. The van der Waals surface area contributed by atoms with Crippen molar-refractivity contribution < 1.29 is 4.57 Å². The number of benzene rings is 1. The smallest absolute Gasteiger partial charge is 0.221 e. The highest BCUT2D eigenvalue weighted by Crippen LogP contribution is 2.30. The second-order valence-electron chi connectivity index (χ2n) is 7.02. The number of aromatic nitrogens is 2. The molecule has 2 nitrogen and oxygen atoms in total. The lowest BCUT2D eigenvalue weighted by atomic mass is 9.85.